The molecule has 68 valence electrons. The second-order valence-electron chi connectivity index (χ2n) is 2.80. The van der Waals surface area contributed by atoms with Crippen molar-refractivity contribution in [1.29, 1.82) is 0 Å². The number of unbranched alkanes of at least 4 members (excludes halogenated alkanes) is 1. The van der Waals surface area contributed by atoms with E-state index in [-0.39, 0.29) is 20.9 Å². The number of benzene rings is 1. The fourth-order valence-corrected chi connectivity index (χ4v) is 2.95. The normalized spacial score (nSPS) is 9.00. The van der Waals surface area contributed by atoms with Crippen LogP contribution in [0.25, 0.3) is 0 Å². The minimum atomic E-state index is -0.0320. The Balaban J connectivity index is 2.31. The van der Waals surface area contributed by atoms with Crippen molar-refractivity contribution in [3.63, 3.8) is 0 Å². The van der Waals surface area contributed by atoms with Gasteiger partial charge in [-0.2, -0.15) is 0 Å². The molecule has 1 aromatic carbocycles. The molecule has 0 aliphatic heterocycles. The number of hydrogen-bond donors (Lipinski definition) is 0. The summed E-state index contributed by atoms with van der Waals surface area (Å²) in [5.74, 6) is 3.21. The van der Waals surface area contributed by atoms with Crippen molar-refractivity contribution < 1.29 is 0 Å². The Hall–Kier alpha value is -0.430. The van der Waals surface area contributed by atoms with Gasteiger partial charge in [0.2, 0.25) is 0 Å². The van der Waals surface area contributed by atoms with Gasteiger partial charge in [0.1, 0.15) is 0 Å². The van der Waals surface area contributed by atoms with Crippen LogP contribution in [0.1, 0.15) is 25.3 Å². The fraction of sp³-hybridized carbons (Fsp3) is 0.333. The molecule has 0 nitrogen and oxygen atoms in total. The topological polar surface area (TPSA) is 0 Å². The zero-order chi connectivity index (χ0) is 9.36. The quantitative estimate of drug-likeness (QED) is 0.455. The molecular formula is C12H14Te. The number of hydrogen-bond acceptors (Lipinski definition) is 0. The first-order valence-corrected chi connectivity index (χ1v) is 7.42. The van der Waals surface area contributed by atoms with Crippen molar-refractivity contribution >= 4 is 20.9 Å². The molecule has 1 aromatic rings. The molecule has 0 unspecified atom stereocenters. The van der Waals surface area contributed by atoms with Gasteiger partial charge in [0.15, 0.2) is 0 Å². The predicted octanol–water partition coefficient (Wildman–Crippen LogP) is 2.92. The van der Waals surface area contributed by atoms with Crippen LogP contribution >= 0.6 is 0 Å². The average Bonchev–Trinajstić information content (AvgIpc) is 2.19. The molecular weight excluding hydrogens is 272 g/mol. The summed E-state index contributed by atoms with van der Waals surface area (Å²) in [6.07, 6.45) is 2.66. The summed E-state index contributed by atoms with van der Waals surface area (Å²) in [7, 11) is 0. The van der Waals surface area contributed by atoms with Crippen molar-refractivity contribution in [2.75, 3.05) is 0 Å². The molecule has 0 heterocycles. The molecule has 1 rings (SSSR count). The third-order valence-corrected chi connectivity index (χ3v) is 3.75. The zero-order valence-electron chi connectivity index (χ0n) is 7.92. The summed E-state index contributed by atoms with van der Waals surface area (Å²) in [4.78, 5) is 0. The van der Waals surface area contributed by atoms with E-state index in [9.17, 15) is 0 Å². The molecule has 0 aliphatic rings. The predicted molar refractivity (Wildman–Crippen MR) is 58.8 cm³/mol. The van der Waals surface area contributed by atoms with Crippen LogP contribution in [0.5, 0.6) is 0 Å². The second-order valence-corrected chi connectivity index (χ2v) is 5.37. The minimum absolute atomic E-state index is 0.0320. The standard InChI is InChI=1S/C12H14Te/c1-2-3-10-13-11-9-12-7-5-4-6-8-12/h4-8H,2-3,10H2,1H3. The molecule has 13 heavy (non-hydrogen) atoms. The molecule has 0 N–H and O–H groups in total. The van der Waals surface area contributed by atoms with Crippen LogP contribution in [-0.2, 0) is 0 Å². The van der Waals surface area contributed by atoms with E-state index in [0.29, 0.717) is 0 Å². The SMILES string of the molecule is CCCC[Te]C#Cc1ccccc1. The Morgan fingerprint density at radius 1 is 1.23 bits per heavy atom. The molecule has 1 heteroatoms. The van der Waals surface area contributed by atoms with Crippen molar-refractivity contribution in [3.05, 3.63) is 35.9 Å². The average molecular weight is 286 g/mol. The fourth-order valence-electron chi connectivity index (χ4n) is 0.884. The summed E-state index contributed by atoms with van der Waals surface area (Å²) in [6, 6.07) is 10.2. The van der Waals surface area contributed by atoms with Gasteiger partial charge in [0, 0.05) is 0 Å². The second kappa shape index (κ2) is 7.02. The van der Waals surface area contributed by atoms with Gasteiger partial charge in [0.05, 0.1) is 0 Å². The van der Waals surface area contributed by atoms with E-state index in [1.165, 1.54) is 17.3 Å². The first-order valence-electron chi connectivity index (χ1n) is 4.61. The Morgan fingerprint density at radius 3 is 2.69 bits per heavy atom. The first-order chi connectivity index (χ1) is 6.43. The maximum atomic E-state index is 3.32. The molecule has 0 radical (unpaired) electrons. The monoisotopic (exact) mass is 288 g/mol. The van der Waals surface area contributed by atoms with Crippen molar-refractivity contribution in [2.45, 2.75) is 24.2 Å². The van der Waals surface area contributed by atoms with Crippen LogP contribution in [-0.4, -0.2) is 20.9 Å². The van der Waals surface area contributed by atoms with Gasteiger partial charge in [-0.3, -0.25) is 0 Å². The molecule has 0 aromatic heterocycles. The first kappa shape index (κ1) is 10.6. The zero-order valence-corrected chi connectivity index (χ0v) is 10.2. The van der Waals surface area contributed by atoms with E-state index in [4.69, 9.17) is 0 Å². The van der Waals surface area contributed by atoms with Gasteiger partial charge < -0.3 is 0 Å². The summed E-state index contributed by atoms with van der Waals surface area (Å²) < 4.78 is 4.68. The van der Waals surface area contributed by atoms with E-state index >= 15 is 0 Å². The van der Waals surface area contributed by atoms with E-state index < -0.39 is 0 Å². The van der Waals surface area contributed by atoms with Crippen LogP contribution in [0, 0.1) is 9.89 Å². The molecule has 0 bridgehead atoms. The van der Waals surface area contributed by atoms with Crippen LogP contribution in [0.2, 0.25) is 4.47 Å². The number of rotatable bonds is 3. The third-order valence-electron chi connectivity index (χ3n) is 1.64. The van der Waals surface area contributed by atoms with Crippen LogP contribution in [0.4, 0.5) is 0 Å². The molecule has 0 atom stereocenters. The van der Waals surface area contributed by atoms with Crippen LogP contribution in [0.3, 0.4) is 0 Å². The van der Waals surface area contributed by atoms with Crippen molar-refractivity contribution in [2.24, 2.45) is 0 Å². The molecule has 0 spiro atoms. The Kier molecular flexibility index (Phi) is 5.75. The van der Waals surface area contributed by atoms with Crippen molar-refractivity contribution in [1.82, 2.24) is 0 Å². The summed E-state index contributed by atoms with van der Waals surface area (Å²) in [6.45, 7) is 2.23. The Labute approximate surface area is 90.8 Å². The van der Waals surface area contributed by atoms with Crippen molar-refractivity contribution in [3.8, 4) is 9.89 Å². The maximum absolute atomic E-state index is 3.32. The Morgan fingerprint density at radius 2 is 2.00 bits per heavy atom. The third kappa shape index (κ3) is 4.99. The Bertz CT molecular complexity index is 279. The van der Waals surface area contributed by atoms with E-state index in [1.807, 2.05) is 18.2 Å². The van der Waals surface area contributed by atoms with E-state index in [1.54, 1.807) is 0 Å². The van der Waals surface area contributed by atoms with Gasteiger partial charge in [0.25, 0.3) is 0 Å². The molecule has 0 saturated carbocycles. The van der Waals surface area contributed by atoms with Gasteiger partial charge in [-0.25, -0.2) is 0 Å². The van der Waals surface area contributed by atoms with Gasteiger partial charge in [-0.1, -0.05) is 0 Å². The molecule has 0 aliphatic carbocycles. The summed E-state index contributed by atoms with van der Waals surface area (Å²) in [5.41, 5.74) is 1.16. The van der Waals surface area contributed by atoms with Gasteiger partial charge >= 0.3 is 90.9 Å². The van der Waals surface area contributed by atoms with Gasteiger partial charge in [-0.15, -0.1) is 0 Å². The van der Waals surface area contributed by atoms with Gasteiger partial charge in [-0.05, 0) is 0 Å². The molecule has 0 saturated heterocycles. The van der Waals surface area contributed by atoms with E-state index in [2.05, 4.69) is 28.9 Å². The summed E-state index contributed by atoms with van der Waals surface area (Å²) >= 11 is -0.0320. The molecule has 0 amide bonds. The van der Waals surface area contributed by atoms with Crippen LogP contribution in [0.15, 0.2) is 30.3 Å². The van der Waals surface area contributed by atoms with E-state index in [0.717, 1.165) is 5.56 Å². The van der Waals surface area contributed by atoms with Crippen LogP contribution < -0.4 is 0 Å². The molecule has 0 fully saturated rings. The summed E-state index contributed by atoms with van der Waals surface area (Å²) in [5, 5.41) is 0.